The number of benzene rings is 1. The van der Waals surface area contributed by atoms with E-state index in [1.165, 1.54) is 11.1 Å². The summed E-state index contributed by atoms with van der Waals surface area (Å²) in [5.41, 5.74) is 3.50. The van der Waals surface area contributed by atoms with Gasteiger partial charge >= 0.3 is 0 Å². The monoisotopic (exact) mass is 298 g/mol. The van der Waals surface area contributed by atoms with Gasteiger partial charge in [0.05, 0.1) is 5.21 Å². The molecule has 0 aliphatic rings. The van der Waals surface area contributed by atoms with Crippen LogP contribution in [0.5, 0.6) is 0 Å². The Kier molecular flexibility index (Phi) is 3.64. The van der Waals surface area contributed by atoms with Crippen molar-refractivity contribution in [1.29, 1.82) is 0 Å². The average Bonchev–Trinajstić information content (AvgIpc) is 3.18. The van der Waals surface area contributed by atoms with E-state index < -0.39 is 0 Å². The highest BCUT2D eigenvalue weighted by molar-refractivity contribution is 7.08. The van der Waals surface area contributed by atoms with Crippen molar-refractivity contribution < 1.29 is 4.68 Å². The van der Waals surface area contributed by atoms with Crippen LogP contribution in [-0.4, -0.2) is 9.90 Å². The number of hydrogen-bond donors (Lipinski definition) is 0. The molecule has 0 N–H and O–H groups in total. The molecule has 0 bridgehead atoms. The third kappa shape index (κ3) is 2.51. The third-order valence-corrected chi connectivity index (χ3v) is 4.58. The van der Waals surface area contributed by atoms with E-state index in [1.54, 1.807) is 11.3 Å². The topological polar surface area (TPSA) is 21.7 Å². The van der Waals surface area contributed by atoms with Crippen LogP contribution in [0.1, 0.15) is 26.3 Å². The molecule has 0 aliphatic carbocycles. The minimum Gasteiger partial charge on any atom is -0.152 e. The third-order valence-electron chi connectivity index (χ3n) is 3.90. The Bertz CT molecular complexity index is 712. The van der Waals surface area contributed by atoms with Crippen molar-refractivity contribution in [2.45, 2.75) is 32.9 Å². The number of rotatable bonds is 4. The zero-order chi connectivity index (χ0) is 14.9. The van der Waals surface area contributed by atoms with E-state index in [9.17, 15) is 0 Å². The van der Waals surface area contributed by atoms with Crippen molar-refractivity contribution in [2.75, 3.05) is 0 Å². The molecule has 3 aromatic rings. The lowest BCUT2D eigenvalue weighted by atomic mass is 9.98. The molecular weight excluding hydrogens is 278 g/mol. The molecule has 2 aromatic heterocycles. The molecule has 0 unspecified atom stereocenters. The van der Waals surface area contributed by atoms with Crippen molar-refractivity contribution >= 4 is 11.3 Å². The molecule has 108 valence electrons. The van der Waals surface area contributed by atoms with Crippen LogP contribution in [0.2, 0.25) is 0 Å². The van der Waals surface area contributed by atoms with E-state index in [0.717, 1.165) is 12.2 Å². The molecule has 3 rings (SSSR count). The van der Waals surface area contributed by atoms with E-state index in [2.05, 4.69) is 77.4 Å². The molecule has 0 atom stereocenters. The van der Waals surface area contributed by atoms with E-state index >= 15 is 0 Å². The SMILES string of the molecule is CCn1n[n+](C(C)(C)c2ccsc2)cc1-c1ccccc1. The highest BCUT2D eigenvalue weighted by Crippen LogP contribution is 2.23. The lowest BCUT2D eigenvalue weighted by Crippen LogP contribution is -2.54. The van der Waals surface area contributed by atoms with Crippen LogP contribution in [-0.2, 0) is 12.1 Å². The molecule has 0 saturated carbocycles. The van der Waals surface area contributed by atoms with Crippen molar-refractivity contribution in [3.05, 3.63) is 58.9 Å². The van der Waals surface area contributed by atoms with Crippen LogP contribution in [0.25, 0.3) is 11.3 Å². The maximum Gasteiger partial charge on any atom is 0.197 e. The Balaban J connectivity index is 2.08. The lowest BCUT2D eigenvalue weighted by Gasteiger charge is -2.17. The predicted molar refractivity (Wildman–Crippen MR) is 86.3 cm³/mol. The van der Waals surface area contributed by atoms with Gasteiger partial charge < -0.3 is 0 Å². The summed E-state index contributed by atoms with van der Waals surface area (Å²) in [6.07, 6.45) is 2.15. The molecule has 0 amide bonds. The van der Waals surface area contributed by atoms with Crippen molar-refractivity contribution in [1.82, 2.24) is 9.90 Å². The van der Waals surface area contributed by atoms with Gasteiger partial charge in [0.2, 0.25) is 0 Å². The van der Waals surface area contributed by atoms with Crippen LogP contribution < -0.4 is 4.68 Å². The van der Waals surface area contributed by atoms with Gasteiger partial charge in [-0.15, -0.1) is 9.36 Å². The average molecular weight is 298 g/mol. The van der Waals surface area contributed by atoms with Crippen LogP contribution in [0, 0.1) is 0 Å². The highest BCUT2D eigenvalue weighted by atomic mass is 32.1. The second-order valence-corrected chi connectivity index (χ2v) is 6.38. The zero-order valence-electron chi connectivity index (χ0n) is 12.7. The Morgan fingerprint density at radius 2 is 1.95 bits per heavy atom. The first-order chi connectivity index (χ1) is 10.1. The number of thiophene rings is 1. The van der Waals surface area contributed by atoms with Gasteiger partial charge in [0.25, 0.3) is 0 Å². The van der Waals surface area contributed by atoms with Crippen molar-refractivity contribution in [3.63, 3.8) is 0 Å². The molecule has 0 spiro atoms. The van der Waals surface area contributed by atoms with E-state index in [0.29, 0.717) is 0 Å². The van der Waals surface area contributed by atoms with Gasteiger partial charge in [-0.05, 0) is 37.6 Å². The van der Waals surface area contributed by atoms with Gasteiger partial charge in [-0.1, -0.05) is 30.3 Å². The molecule has 0 radical (unpaired) electrons. The second kappa shape index (κ2) is 5.45. The van der Waals surface area contributed by atoms with Crippen LogP contribution >= 0.6 is 11.3 Å². The first-order valence-electron chi connectivity index (χ1n) is 7.21. The summed E-state index contributed by atoms with van der Waals surface area (Å²) in [5.74, 6) is 0. The van der Waals surface area contributed by atoms with E-state index in [-0.39, 0.29) is 5.54 Å². The molecule has 2 heterocycles. The summed E-state index contributed by atoms with van der Waals surface area (Å²) < 4.78 is 4.13. The highest BCUT2D eigenvalue weighted by Gasteiger charge is 2.32. The largest absolute Gasteiger partial charge is 0.197 e. The Labute approximate surface area is 129 Å². The maximum atomic E-state index is 4.77. The quantitative estimate of drug-likeness (QED) is 0.673. The fourth-order valence-electron chi connectivity index (χ4n) is 2.46. The Hall–Kier alpha value is -1.94. The van der Waals surface area contributed by atoms with Crippen molar-refractivity contribution in [2.24, 2.45) is 0 Å². The number of nitrogens with zero attached hydrogens (tertiary/aromatic N) is 3. The fraction of sp³-hybridized carbons (Fsp3) is 0.294. The summed E-state index contributed by atoms with van der Waals surface area (Å²) in [6, 6.07) is 12.6. The van der Waals surface area contributed by atoms with Crippen LogP contribution in [0.15, 0.2) is 53.4 Å². The van der Waals surface area contributed by atoms with Gasteiger partial charge in [-0.25, -0.2) is 0 Å². The molecule has 0 saturated heterocycles. The first-order valence-corrected chi connectivity index (χ1v) is 8.15. The summed E-state index contributed by atoms with van der Waals surface area (Å²) in [7, 11) is 0. The minimum atomic E-state index is -0.149. The van der Waals surface area contributed by atoms with Crippen molar-refractivity contribution in [3.8, 4) is 11.3 Å². The zero-order valence-corrected chi connectivity index (χ0v) is 13.5. The summed E-state index contributed by atoms with van der Waals surface area (Å²) in [6.45, 7) is 7.39. The molecule has 4 heteroatoms. The smallest absolute Gasteiger partial charge is 0.152 e. The number of aryl methyl sites for hydroxylation is 1. The summed E-state index contributed by atoms with van der Waals surface area (Å²) >= 11 is 1.73. The van der Waals surface area contributed by atoms with Gasteiger partial charge in [0.15, 0.2) is 17.4 Å². The van der Waals surface area contributed by atoms with Gasteiger partial charge in [0.1, 0.15) is 6.54 Å². The normalized spacial score (nSPS) is 11.8. The van der Waals surface area contributed by atoms with Crippen LogP contribution in [0.4, 0.5) is 0 Å². The van der Waals surface area contributed by atoms with Gasteiger partial charge in [-0.2, -0.15) is 11.3 Å². The standard InChI is InChI=1S/C17H20N3S/c1-4-19-16(14-8-6-5-7-9-14)12-20(18-19)17(2,3)15-10-11-21-13-15/h5-13H,4H2,1-3H3/q+1. The lowest BCUT2D eigenvalue weighted by molar-refractivity contribution is -0.800. The molecule has 3 nitrogen and oxygen atoms in total. The van der Waals surface area contributed by atoms with E-state index in [1.807, 2.05) is 6.07 Å². The summed E-state index contributed by atoms with van der Waals surface area (Å²) in [5, 5.41) is 9.08. The predicted octanol–water partition coefficient (Wildman–Crippen LogP) is 3.70. The molecule has 21 heavy (non-hydrogen) atoms. The fourth-order valence-corrected chi connectivity index (χ4v) is 3.27. The minimum absolute atomic E-state index is 0.149. The molecule has 0 aliphatic heterocycles. The molecule has 0 fully saturated rings. The number of aromatic nitrogens is 3. The second-order valence-electron chi connectivity index (χ2n) is 5.60. The van der Waals surface area contributed by atoms with Gasteiger partial charge in [0, 0.05) is 11.1 Å². The number of hydrogen-bond acceptors (Lipinski definition) is 2. The van der Waals surface area contributed by atoms with E-state index in [4.69, 9.17) is 5.21 Å². The summed E-state index contributed by atoms with van der Waals surface area (Å²) in [4.78, 5) is 0. The molecular formula is C17H20N3S+. The van der Waals surface area contributed by atoms with Crippen LogP contribution in [0.3, 0.4) is 0 Å². The maximum absolute atomic E-state index is 4.77. The molecule has 1 aromatic carbocycles. The Morgan fingerprint density at radius 3 is 2.57 bits per heavy atom. The Morgan fingerprint density at radius 1 is 1.19 bits per heavy atom. The first kappa shape index (κ1) is 14.0. The van der Waals surface area contributed by atoms with Gasteiger partial charge in [-0.3, -0.25) is 0 Å².